The van der Waals surface area contributed by atoms with Crippen molar-refractivity contribution in [3.8, 4) is 5.75 Å². The average molecular weight is 592 g/mol. The van der Waals surface area contributed by atoms with Crippen LogP contribution in [0.15, 0.2) is 77.7 Å². The summed E-state index contributed by atoms with van der Waals surface area (Å²) in [6, 6.07) is 20.3. The second-order valence-corrected chi connectivity index (χ2v) is 12.8. The number of carbonyl (C=O) groups is 2. The molecule has 0 bridgehead atoms. The van der Waals surface area contributed by atoms with Crippen molar-refractivity contribution in [2.24, 2.45) is 0 Å². The molecule has 0 aromatic heterocycles. The van der Waals surface area contributed by atoms with E-state index in [4.69, 9.17) is 4.74 Å². The molecule has 8 nitrogen and oxygen atoms in total. The molecule has 1 N–H and O–H groups in total. The topological polar surface area (TPSA) is 96.0 Å². The fraction of sp³-hybridized carbons (Fsp3) is 0.394. The Hall–Kier alpha value is -3.85. The number of aryl methyl sites for hydroxylation is 2. The van der Waals surface area contributed by atoms with Gasteiger partial charge in [0, 0.05) is 12.6 Å². The van der Waals surface area contributed by atoms with E-state index >= 15 is 0 Å². The van der Waals surface area contributed by atoms with E-state index in [1.165, 1.54) is 24.1 Å². The van der Waals surface area contributed by atoms with Crippen molar-refractivity contribution in [3.05, 3.63) is 89.5 Å². The summed E-state index contributed by atoms with van der Waals surface area (Å²) in [7, 11) is -2.72. The van der Waals surface area contributed by atoms with Crippen LogP contribution in [0.25, 0.3) is 0 Å². The molecule has 1 aliphatic rings. The van der Waals surface area contributed by atoms with Gasteiger partial charge < -0.3 is 15.0 Å². The van der Waals surface area contributed by atoms with Crippen molar-refractivity contribution < 1.29 is 22.7 Å². The van der Waals surface area contributed by atoms with Crippen LogP contribution in [0.1, 0.15) is 55.7 Å². The maximum Gasteiger partial charge on any atom is 0.264 e. The lowest BCUT2D eigenvalue weighted by atomic mass is 10.1. The zero-order chi connectivity index (χ0) is 30.3. The first-order valence-electron chi connectivity index (χ1n) is 14.5. The summed E-state index contributed by atoms with van der Waals surface area (Å²) >= 11 is 0. The summed E-state index contributed by atoms with van der Waals surface area (Å²) in [6.45, 7) is 5.39. The van der Waals surface area contributed by atoms with Crippen LogP contribution in [0.5, 0.6) is 5.75 Å². The Kier molecular flexibility index (Phi) is 10.3. The predicted octanol–water partition coefficient (Wildman–Crippen LogP) is 5.37. The van der Waals surface area contributed by atoms with Gasteiger partial charge in [-0.3, -0.25) is 13.9 Å². The highest BCUT2D eigenvalue weighted by Crippen LogP contribution is 2.33. The summed E-state index contributed by atoms with van der Waals surface area (Å²) in [5.74, 6) is -0.377. The van der Waals surface area contributed by atoms with Crippen LogP contribution in [-0.4, -0.2) is 50.9 Å². The van der Waals surface area contributed by atoms with Crippen LogP contribution in [0, 0.1) is 13.8 Å². The van der Waals surface area contributed by atoms with Gasteiger partial charge in [0.25, 0.3) is 10.0 Å². The molecule has 1 atom stereocenters. The van der Waals surface area contributed by atoms with E-state index in [2.05, 4.69) is 5.32 Å². The Morgan fingerprint density at radius 3 is 2.12 bits per heavy atom. The summed E-state index contributed by atoms with van der Waals surface area (Å²) in [4.78, 5) is 29.4. The zero-order valence-corrected chi connectivity index (χ0v) is 25.7. The minimum absolute atomic E-state index is 0.0582. The van der Waals surface area contributed by atoms with Crippen LogP contribution in [0.3, 0.4) is 0 Å². The molecule has 0 saturated heterocycles. The Balaban J connectivity index is 1.74. The van der Waals surface area contributed by atoms with Gasteiger partial charge in [-0.15, -0.1) is 0 Å². The first kappa shape index (κ1) is 31.1. The quantitative estimate of drug-likeness (QED) is 0.305. The first-order chi connectivity index (χ1) is 20.1. The van der Waals surface area contributed by atoms with Crippen LogP contribution in [-0.2, 0) is 26.2 Å². The van der Waals surface area contributed by atoms with Gasteiger partial charge in [0.2, 0.25) is 11.8 Å². The Labute approximate surface area is 249 Å². The molecule has 0 aliphatic heterocycles. The van der Waals surface area contributed by atoms with E-state index in [0.717, 1.165) is 46.7 Å². The highest BCUT2D eigenvalue weighted by molar-refractivity contribution is 7.92. The van der Waals surface area contributed by atoms with Gasteiger partial charge >= 0.3 is 0 Å². The molecular formula is C33H41N3O5S. The summed E-state index contributed by atoms with van der Waals surface area (Å²) < 4.78 is 34.8. The normalized spacial score (nSPS) is 14.3. The molecule has 1 saturated carbocycles. The number of anilines is 1. The van der Waals surface area contributed by atoms with Crippen molar-refractivity contribution in [1.82, 2.24) is 10.2 Å². The van der Waals surface area contributed by atoms with E-state index < -0.39 is 28.5 Å². The second kappa shape index (κ2) is 13.9. The molecule has 2 amide bonds. The fourth-order valence-electron chi connectivity index (χ4n) is 5.36. The summed E-state index contributed by atoms with van der Waals surface area (Å²) in [6.07, 6.45) is 4.36. The third kappa shape index (κ3) is 7.31. The molecule has 1 unspecified atom stereocenters. The minimum Gasteiger partial charge on any atom is -0.495 e. The maximum absolute atomic E-state index is 14.3. The van der Waals surface area contributed by atoms with Crippen LogP contribution < -0.4 is 14.4 Å². The van der Waals surface area contributed by atoms with Crippen molar-refractivity contribution in [2.75, 3.05) is 18.0 Å². The monoisotopic (exact) mass is 591 g/mol. The van der Waals surface area contributed by atoms with Crippen LogP contribution >= 0.6 is 0 Å². The predicted molar refractivity (Wildman–Crippen MR) is 165 cm³/mol. The molecule has 0 heterocycles. The number of amides is 2. The van der Waals surface area contributed by atoms with Gasteiger partial charge in [0.05, 0.1) is 17.7 Å². The Bertz CT molecular complexity index is 1470. The Morgan fingerprint density at radius 1 is 0.929 bits per heavy atom. The minimum atomic E-state index is -4.18. The molecule has 0 spiro atoms. The average Bonchev–Trinajstić information content (AvgIpc) is 3.50. The second-order valence-electron chi connectivity index (χ2n) is 10.9. The largest absolute Gasteiger partial charge is 0.495 e. The number of methoxy groups -OCH3 is 1. The van der Waals surface area contributed by atoms with Crippen molar-refractivity contribution >= 4 is 27.5 Å². The van der Waals surface area contributed by atoms with Gasteiger partial charge in [0.15, 0.2) is 0 Å². The molecule has 1 aliphatic carbocycles. The lowest BCUT2D eigenvalue weighted by Gasteiger charge is -2.34. The molecule has 3 aromatic rings. The number of sulfonamides is 1. The van der Waals surface area contributed by atoms with Gasteiger partial charge in [-0.25, -0.2) is 8.42 Å². The van der Waals surface area contributed by atoms with E-state index in [0.29, 0.717) is 12.2 Å². The Morgan fingerprint density at radius 2 is 1.52 bits per heavy atom. The van der Waals surface area contributed by atoms with Crippen molar-refractivity contribution in [2.45, 2.75) is 76.4 Å². The number of para-hydroxylation sites is 2. The SMILES string of the molecule is CCC(C(=O)NC1CCCC1)N(Cc1ccc(C)cc1)C(=O)CN(c1ccccc1OC)S(=O)(=O)c1ccc(C)cc1. The molecule has 42 heavy (non-hydrogen) atoms. The molecule has 3 aromatic carbocycles. The molecule has 9 heteroatoms. The number of hydrogen-bond acceptors (Lipinski definition) is 5. The third-order valence-corrected chi connectivity index (χ3v) is 9.58. The fourth-order valence-corrected chi connectivity index (χ4v) is 6.79. The molecule has 0 radical (unpaired) electrons. The zero-order valence-electron chi connectivity index (χ0n) is 24.9. The smallest absolute Gasteiger partial charge is 0.264 e. The van der Waals surface area contributed by atoms with Crippen molar-refractivity contribution in [1.29, 1.82) is 0 Å². The number of nitrogens with one attached hydrogen (secondary N) is 1. The molecule has 224 valence electrons. The summed E-state index contributed by atoms with van der Waals surface area (Å²) in [5, 5.41) is 3.14. The number of hydrogen-bond donors (Lipinski definition) is 1. The van der Waals surface area contributed by atoms with Gasteiger partial charge in [-0.05, 0) is 62.9 Å². The molecular weight excluding hydrogens is 550 g/mol. The summed E-state index contributed by atoms with van der Waals surface area (Å²) in [5.41, 5.74) is 3.09. The van der Waals surface area contributed by atoms with E-state index in [1.807, 2.05) is 45.0 Å². The first-order valence-corrected chi connectivity index (χ1v) is 16.0. The molecule has 1 fully saturated rings. The molecule has 4 rings (SSSR count). The van der Waals surface area contributed by atoms with Gasteiger partial charge in [0.1, 0.15) is 18.3 Å². The van der Waals surface area contributed by atoms with Crippen molar-refractivity contribution in [3.63, 3.8) is 0 Å². The van der Waals surface area contributed by atoms with Crippen LogP contribution in [0.2, 0.25) is 0 Å². The van der Waals surface area contributed by atoms with Gasteiger partial charge in [-0.2, -0.15) is 0 Å². The number of benzene rings is 3. The van der Waals surface area contributed by atoms with E-state index in [-0.39, 0.29) is 29.1 Å². The standard InChI is InChI=1S/C33H41N3O5S/c1-5-29(33(38)34-27-10-6-7-11-27)35(22-26-18-14-24(2)15-19-26)32(37)23-36(30-12-8-9-13-31(30)41-4)42(39,40)28-20-16-25(3)17-21-28/h8-9,12-21,27,29H,5-7,10-11,22-23H2,1-4H3,(H,34,38). The highest BCUT2D eigenvalue weighted by Gasteiger charge is 2.35. The number of ether oxygens (including phenoxy) is 1. The number of nitrogens with zero attached hydrogens (tertiary/aromatic N) is 2. The number of carbonyl (C=O) groups excluding carboxylic acids is 2. The maximum atomic E-state index is 14.3. The van der Waals surface area contributed by atoms with E-state index in [1.54, 1.807) is 36.4 Å². The van der Waals surface area contributed by atoms with Crippen LogP contribution in [0.4, 0.5) is 5.69 Å². The number of rotatable bonds is 12. The lowest BCUT2D eigenvalue weighted by Crippen LogP contribution is -2.53. The van der Waals surface area contributed by atoms with E-state index in [9.17, 15) is 18.0 Å². The highest BCUT2D eigenvalue weighted by atomic mass is 32.2. The van der Waals surface area contributed by atoms with Gasteiger partial charge in [-0.1, -0.05) is 79.4 Å². The lowest BCUT2D eigenvalue weighted by molar-refractivity contribution is -0.140. The third-order valence-electron chi connectivity index (χ3n) is 7.80.